The van der Waals surface area contributed by atoms with E-state index in [1.54, 1.807) is 30.3 Å². The van der Waals surface area contributed by atoms with Crippen molar-refractivity contribution >= 4 is 27.5 Å². The molecule has 0 atom stereocenters. The number of halogens is 1. The van der Waals surface area contributed by atoms with Gasteiger partial charge in [0, 0.05) is 29.9 Å². The number of rotatable bonds is 5. The lowest BCUT2D eigenvalue weighted by atomic mass is 10.2. The number of aliphatic imine (C=N–C) groups is 1. The fourth-order valence-corrected chi connectivity index (χ4v) is 5.35. The molecule has 3 aromatic rings. The zero-order valence-corrected chi connectivity index (χ0v) is 18.5. The predicted molar refractivity (Wildman–Crippen MR) is 122 cm³/mol. The number of anilines is 1. The minimum atomic E-state index is -3.81. The molecule has 0 saturated carbocycles. The molecule has 1 aliphatic heterocycles. The summed E-state index contributed by atoms with van der Waals surface area (Å²) < 4.78 is 43.7. The first-order valence-corrected chi connectivity index (χ1v) is 12.2. The number of aromatic nitrogens is 2. The molecule has 10 heteroatoms. The van der Waals surface area contributed by atoms with Gasteiger partial charge in [0.15, 0.2) is 5.69 Å². The summed E-state index contributed by atoms with van der Waals surface area (Å²) in [6.45, 7) is 0.609. The fourth-order valence-electron chi connectivity index (χ4n) is 4.21. The molecule has 8 nitrogen and oxygen atoms in total. The summed E-state index contributed by atoms with van der Waals surface area (Å²) >= 11 is 0. The van der Waals surface area contributed by atoms with Crippen molar-refractivity contribution in [3.63, 3.8) is 0 Å². The van der Waals surface area contributed by atoms with E-state index in [9.17, 15) is 17.6 Å². The third-order valence-electron chi connectivity index (χ3n) is 5.75. The van der Waals surface area contributed by atoms with Gasteiger partial charge in [-0.25, -0.2) is 17.5 Å². The number of amidine groups is 1. The highest BCUT2D eigenvalue weighted by atomic mass is 32.2. The Morgan fingerprint density at radius 3 is 2.67 bits per heavy atom. The second-order valence-corrected chi connectivity index (χ2v) is 9.69. The van der Waals surface area contributed by atoms with Crippen LogP contribution in [0.3, 0.4) is 0 Å². The van der Waals surface area contributed by atoms with E-state index in [1.807, 2.05) is 0 Å². The van der Waals surface area contributed by atoms with Gasteiger partial charge >= 0.3 is 0 Å². The maximum atomic E-state index is 14.4. The van der Waals surface area contributed by atoms with Gasteiger partial charge in [0.1, 0.15) is 17.3 Å². The van der Waals surface area contributed by atoms with E-state index in [2.05, 4.69) is 20.1 Å². The number of nitrogens with zero attached hydrogens (tertiary/aromatic N) is 3. The summed E-state index contributed by atoms with van der Waals surface area (Å²) in [7, 11) is -3.81. The van der Waals surface area contributed by atoms with E-state index in [4.69, 9.17) is 0 Å². The van der Waals surface area contributed by atoms with E-state index in [0.29, 0.717) is 43.0 Å². The lowest BCUT2D eigenvalue weighted by molar-refractivity contribution is 0.102. The molecule has 0 saturated heterocycles. The number of sulfonamides is 1. The first-order chi connectivity index (χ1) is 15.9. The van der Waals surface area contributed by atoms with Gasteiger partial charge in [0.25, 0.3) is 15.9 Å². The van der Waals surface area contributed by atoms with Gasteiger partial charge in [-0.2, -0.15) is 5.10 Å². The van der Waals surface area contributed by atoms with Crippen molar-refractivity contribution < 1.29 is 17.6 Å². The summed E-state index contributed by atoms with van der Waals surface area (Å²) in [5.74, 6) is -0.441. The average Bonchev–Trinajstić information content (AvgIpc) is 3.53. The molecule has 0 unspecified atom stereocenters. The molecule has 0 radical (unpaired) electrons. The summed E-state index contributed by atoms with van der Waals surface area (Å²) in [6, 6.07) is 12.3. The van der Waals surface area contributed by atoms with Crippen LogP contribution in [0.5, 0.6) is 0 Å². The van der Waals surface area contributed by atoms with Gasteiger partial charge in [-0.1, -0.05) is 18.2 Å². The number of carbonyl (C=O) groups excluding carboxylic acids is 1. The summed E-state index contributed by atoms with van der Waals surface area (Å²) in [5.41, 5.74) is 2.45. The topological polar surface area (TPSA) is 105 Å². The Bertz CT molecular complexity index is 1380. The van der Waals surface area contributed by atoms with Gasteiger partial charge in [0.2, 0.25) is 0 Å². The molecule has 170 valence electrons. The number of benzene rings is 2. The summed E-state index contributed by atoms with van der Waals surface area (Å²) in [6.07, 6.45) is 3.63. The first kappa shape index (κ1) is 21.3. The number of hydrogen-bond donors (Lipinski definition) is 2. The molecule has 1 amide bonds. The molecule has 1 aliphatic carbocycles. The van der Waals surface area contributed by atoms with Crippen LogP contribution in [0.25, 0.3) is 5.69 Å². The molecule has 2 aliphatic rings. The number of nitrogens with one attached hydrogen (secondary N) is 2. The van der Waals surface area contributed by atoms with Crippen molar-refractivity contribution in [2.24, 2.45) is 4.99 Å². The summed E-state index contributed by atoms with van der Waals surface area (Å²) in [4.78, 5) is 17.2. The maximum Gasteiger partial charge on any atom is 0.276 e. The van der Waals surface area contributed by atoms with Crippen LogP contribution in [0.1, 0.15) is 41.0 Å². The van der Waals surface area contributed by atoms with Crippen LogP contribution >= 0.6 is 0 Å². The molecule has 0 bridgehead atoms. The Labute approximate surface area is 190 Å². The fraction of sp³-hybridized carbons (Fsp3) is 0.261. The highest BCUT2D eigenvalue weighted by Gasteiger charge is 2.28. The van der Waals surface area contributed by atoms with Crippen LogP contribution in [0, 0.1) is 5.82 Å². The number of fused-ring (bicyclic) bond motifs is 1. The zero-order chi connectivity index (χ0) is 23.0. The van der Waals surface area contributed by atoms with Crippen molar-refractivity contribution in [1.82, 2.24) is 14.5 Å². The maximum absolute atomic E-state index is 14.4. The van der Waals surface area contributed by atoms with Crippen LogP contribution in [0.2, 0.25) is 0 Å². The standard InChI is InChI=1S/C23H22FN5O3S/c24-18-9-1-2-10-20(18)29-19-11-4-8-17(19)22(27-29)23(30)26-15-6-3-7-16(14-15)33(31,32)28-21-12-5-13-25-21/h1-3,6-7,9-10,14H,4-5,8,11-13H2,(H,25,28)(H,26,30). The number of carbonyl (C=O) groups is 1. The van der Waals surface area contributed by atoms with E-state index >= 15 is 0 Å². The Balaban J connectivity index is 1.41. The molecule has 5 rings (SSSR count). The second kappa shape index (κ2) is 8.43. The molecule has 2 aromatic carbocycles. The molecule has 33 heavy (non-hydrogen) atoms. The van der Waals surface area contributed by atoms with E-state index in [1.165, 1.54) is 22.9 Å². The van der Waals surface area contributed by atoms with Crippen molar-refractivity contribution in [3.05, 3.63) is 71.3 Å². The second-order valence-electron chi connectivity index (χ2n) is 8.01. The first-order valence-electron chi connectivity index (χ1n) is 10.8. The SMILES string of the molecule is O=C(Nc1cccc(S(=O)(=O)NC2=NCCC2)c1)c1nn(-c2ccccc2F)c2c1CCC2. The van der Waals surface area contributed by atoms with Crippen molar-refractivity contribution in [3.8, 4) is 5.69 Å². The van der Waals surface area contributed by atoms with Crippen LogP contribution in [-0.2, 0) is 22.9 Å². The lowest BCUT2D eigenvalue weighted by Gasteiger charge is -2.10. The van der Waals surface area contributed by atoms with Gasteiger partial charge in [-0.3, -0.25) is 14.5 Å². The number of para-hydroxylation sites is 1. The van der Waals surface area contributed by atoms with Gasteiger partial charge in [-0.05, 0) is 56.0 Å². The summed E-state index contributed by atoms with van der Waals surface area (Å²) in [5, 5.41) is 7.16. The monoisotopic (exact) mass is 467 g/mol. The Morgan fingerprint density at radius 2 is 1.88 bits per heavy atom. The third-order valence-corrected chi connectivity index (χ3v) is 7.13. The zero-order valence-electron chi connectivity index (χ0n) is 17.7. The van der Waals surface area contributed by atoms with Crippen LogP contribution in [0.4, 0.5) is 10.1 Å². The minimum absolute atomic E-state index is 0.0250. The number of hydrogen-bond acceptors (Lipinski definition) is 5. The molecule has 0 fully saturated rings. The van der Waals surface area contributed by atoms with Gasteiger partial charge < -0.3 is 5.32 Å². The van der Waals surface area contributed by atoms with Crippen LogP contribution in [0.15, 0.2) is 58.4 Å². The smallest absolute Gasteiger partial charge is 0.276 e. The van der Waals surface area contributed by atoms with Gasteiger partial charge in [0.05, 0.1) is 4.90 Å². The average molecular weight is 468 g/mol. The molecular weight excluding hydrogens is 445 g/mol. The number of amides is 1. The van der Waals surface area contributed by atoms with E-state index in [0.717, 1.165) is 24.1 Å². The quantitative estimate of drug-likeness (QED) is 0.601. The molecule has 1 aromatic heterocycles. The largest absolute Gasteiger partial charge is 0.321 e. The normalized spacial score (nSPS) is 15.2. The van der Waals surface area contributed by atoms with Gasteiger partial charge in [-0.15, -0.1) is 0 Å². The van der Waals surface area contributed by atoms with E-state index < -0.39 is 21.7 Å². The highest BCUT2D eigenvalue weighted by molar-refractivity contribution is 7.90. The Hall–Kier alpha value is -3.53. The van der Waals surface area contributed by atoms with Crippen molar-refractivity contribution in [1.29, 1.82) is 0 Å². The van der Waals surface area contributed by atoms with Crippen molar-refractivity contribution in [2.45, 2.75) is 37.0 Å². The van der Waals surface area contributed by atoms with Crippen molar-refractivity contribution in [2.75, 3.05) is 11.9 Å². The molecule has 2 N–H and O–H groups in total. The molecule has 0 spiro atoms. The predicted octanol–water partition coefficient (Wildman–Crippen LogP) is 3.22. The minimum Gasteiger partial charge on any atom is -0.321 e. The molecular formula is C23H22FN5O3S. The Morgan fingerprint density at radius 1 is 1.03 bits per heavy atom. The van der Waals surface area contributed by atoms with Crippen LogP contribution < -0.4 is 10.0 Å². The van der Waals surface area contributed by atoms with E-state index in [-0.39, 0.29) is 10.6 Å². The van der Waals surface area contributed by atoms with Crippen LogP contribution in [-0.4, -0.2) is 36.5 Å². The Kier molecular flexibility index (Phi) is 5.45. The highest BCUT2D eigenvalue weighted by Crippen LogP contribution is 2.29. The molecule has 2 heterocycles. The third kappa shape index (κ3) is 4.13. The lowest BCUT2D eigenvalue weighted by Crippen LogP contribution is -2.29.